The van der Waals surface area contributed by atoms with Gasteiger partial charge in [0.15, 0.2) is 0 Å². The molecule has 1 saturated heterocycles. The van der Waals surface area contributed by atoms with Crippen LogP contribution in [0.2, 0.25) is 5.02 Å². The third-order valence-electron chi connectivity index (χ3n) is 4.30. The number of amides is 3. The van der Waals surface area contributed by atoms with E-state index in [1.165, 1.54) is 23.5 Å². The standard InChI is InChI=1S/C18H18ClN3O3S/c19-13-7-6-11(10-12(13)16(20)23)21-17(24)14-4-1-2-8-22(14)18(25)15-5-3-9-26-15/h3,5-7,9-10,14H,1-2,4,8H2,(H2,20,23)(H,21,24)/t14-/m0/s1. The molecule has 1 aromatic heterocycles. The zero-order valence-electron chi connectivity index (χ0n) is 13.9. The minimum atomic E-state index is -0.668. The number of rotatable bonds is 4. The van der Waals surface area contributed by atoms with E-state index >= 15 is 0 Å². The summed E-state index contributed by atoms with van der Waals surface area (Å²) in [5.41, 5.74) is 5.84. The maximum Gasteiger partial charge on any atom is 0.264 e. The van der Waals surface area contributed by atoms with E-state index in [1.54, 1.807) is 17.0 Å². The number of likely N-dealkylation sites (tertiary alicyclic amines) is 1. The van der Waals surface area contributed by atoms with Crippen molar-refractivity contribution in [1.82, 2.24) is 4.90 Å². The molecule has 3 N–H and O–H groups in total. The zero-order chi connectivity index (χ0) is 18.7. The SMILES string of the molecule is NC(=O)c1cc(NC(=O)[C@@H]2CCCCN2C(=O)c2cccs2)ccc1Cl. The van der Waals surface area contributed by atoms with Crippen LogP contribution in [0.4, 0.5) is 5.69 Å². The summed E-state index contributed by atoms with van der Waals surface area (Å²) in [5, 5.41) is 4.83. The molecule has 0 unspecified atom stereocenters. The fourth-order valence-electron chi connectivity index (χ4n) is 3.01. The number of benzene rings is 1. The van der Waals surface area contributed by atoms with Gasteiger partial charge >= 0.3 is 0 Å². The predicted molar refractivity (Wildman–Crippen MR) is 102 cm³/mol. The van der Waals surface area contributed by atoms with E-state index in [4.69, 9.17) is 17.3 Å². The summed E-state index contributed by atoms with van der Waals surface area (Å²) in [6, 6.07) is 7.57. The van der Waals surface area contributed by atoms with E-state index < -0.39 is 11.9 Å². The average molecular weight is 392 g/mol. The van der Waals surface area contributed by atoms with Crippen molar-refractivity contribution in [2.24, 2.45) is 5.73 Å². The zero-order valence-corrected chi connectivity index (χ0v) is 15.5. The summed E-state index contributed by atoms with van der Waals surface area (Å²) < 4.78 is 0. The van der Waals surface area contributed by atoms with E-state index in [9.17, 15) is 14.4 Å². The van der Waals surface area contributed by atoms with Gasteiger partial charge < -0.3 is 16.0 Å². The van der Waals surface area contributed by atoms with Crippen molar-refractivity contribution in [2.45, 2.75) is 25.3 Å². The maximum absolute atomic E-state index is 12.8. The second kappa shape index (κ2) is 7.88. The monoisotopic (exact) mass is 391 g/mol. The van der Waals surface area contributed by atoms with Crippen LogP contribution >= 0.6 is 22.9 Å². The molecule has 1 aliphatic heterocycles. The maximum atomic E-state index is 12.8. The number of thiophene rings is 1. The number of nitrogens with zero attached hydrogens (tertiary/aromatic N) is 1. The molecule has 0 aliphatic carbocycles. The van der Waals surface area contributed by atoms with Crippen LogP contribution in [0.1, 0.15) is 39.3 Å². The molecule has 2 heterocycles. The van der Waals surface area contributed by atoms with Gasteiger partial charge in [0, 0.05) is 12.2 Å². The predicted octanol–water partition coefficient (Wildman–Crippen LogP) is 3.13. The van der Waals surface area contributed by atoms with Crippen molar-refractivity contribution in [3.63, 3.8) is 0 Å². The van der Waals surface area contributed by atoms with E-state index in [0.29, 0.717) is 23.5 Å². The van der Waals surface area contributed by atoms with Crippen molar-refractivity contribution in [1.29, 1.82) is 0 Å². The van der Waals surface area contributed by atoms with Crippen LogP contribution in [0.3, 0.4) is 0 Å². The smallest absolute Gasteiger partial charge is 0.264 e. The Balaban J connectivity index is 1.78. The summed E-state index contributed by atoms with van der Waals surface area (Å²) >= 11 is 7.29. The van der Waals surface area contributed by atoms with Crippen LogP contribution < -0.4 is 11.1 Å². The Bertz CT molecular complexity index is 838. The van der Waals surface area contributed by atoms with Crippen molar-refractivity contribution in [2.75, 3.05) is 11.9 Å². The van der Waals surface area contributed by atoms with Crippen LogP contribution in [0.25, 0.3) is 0 Å². The number of carbonyl (C=O) groups is 3. The number of primary amides is 1. The molecule has 1 atom stereocenters. The number of hydrogen-bond acceptors (Lipinski definition) is 4. The van der Waals surface area contributed by atoms with E-state index in [1.807, 2.05) is 11.4 Å². The first-order valence-corrected chi connectivity index (χ1v) is 9.48. The van der Waals surface area contributed by atoms with Crippen molar-refractivity contribution in [3.8, 4) is 0 Å². The lowest BCUT2D eigenvalue weighted by Gasteiger charge is -2.34. The molecule has 0 spiro atoms. The van der Waals surface area contributed by atoms with Crippen LogP contribution in [-0.4, -0.2) is 35.2 Å². The Morgan fingerprint density at radius 3 is 2.73 bits per heavy atom. The van der Waals surface area contributed by atoms with Crippen LogP contribution in [0, 0.1) is 0 Å². The minimum absolute atomic E-state index is 0.131. The lowest BCUT2D eigenvalue weighted by molar-refractivity contribution is -0.121. The fraction of sp³-hybridized carbons (Fsp3) is 0.278. The molecule has 1 fully saturated rings. The number of nitrogens with one attached hydrogen (secondary N) is 1. The number of halogens is 1. The molecule has 1 aromatic carbocycles. The highest BCUT2D eigenvalue weighted by molar-refractivity contribution is 7.12. The molecule has 2 aromatic rings. The molecule has 26 heavy (non-hydrogen) atoms. The first-order chi connectivity index (χ1) is 12.5. The van der Waals surface area contributed by atoms with Gasteiger partial charge in [0.05, 0.1) is 15.5 Å². The molecule has 0 bridgehead atoms. The lowest BCUT2D eigenvalue weighted by Crippen LogP contribution is -2.49. The first kappa shape index (κ1) is 18.4. The molecule has 136 valence electrons. The number of hydrogen-bond donors (Lipinski definition) is 2. The van der Waals surface area contributed by atoms with Crippen molar-refractivity contribution < 1.29 is 14.4 Å². The highest BCUT2D eigenvalue weighted by atomic mass is 35.5. The Morgan fingerprint density at radius 2 is 2.04 bits per heavy atom. The van der Waals surface area contributed by atoms with Crippen LogP contribution in [-0.2, 0) is 4.79 Å². The Morgan fingerprint density at radius 1 is 1.23 bits per heavy atom. The third-order valence-corrected chi connectivity index (χ3v) is 5.49. The third kappa shape index (κ3) is 3.89. The van der Waals surface area contributed by atoms with Gasteiger partial charge in [-0.25, -0.2) is 0 Å². The average Bonchev–Trinajstić information content (AvgIpc) is 3.17. The molecule has 3 rings (SSSR count). The van der Waals surface area contributed by atoms with Crippen LogP contribution in [0.15, 0.2) is 35.7 Å². The normalized spacial score (nSPS) is 17.0. The van der Waals surface area contributed by atoms with Gasteiger partial charge in [0.1, 0.15) is 6.04 Å². The quantitative estimate of drug-likeness (QED) is 0.838. The summed E-state index contributed by atoms with van der Waals surface area (Å²) in [6.45, 7) is 0.544. The second-order valence-corrected chi connectivity index (χ2v) is 7.39. The molecule has 3 amide bonds. The van der Waals surface area contributed by atoms with E-state index in [0.717, 1.165) is 12.8 Å². The van der Waals surface area contributed by atoms with E-state index in [-0.39, 0.29) is 22.4 Å². The number of piperidine rings is 1. The Labute approximate surface area is 159 Å². The van der Waals surface area contributed by atoms with Gasteiger partial charge in [-0.2, -0.15) is 0 Å². The number of carbonyl (C=O) groups excluding carboxylic acids is 3. The Kier molecular flexibility index (Phi) is 5.58. The number of nitrogens with two attached hydrogens (primary N) is 1. The molecule has 0 radical (unpaired) electrons. The fourth-order valence-corrected chi connectivity index (χ4v) is 3.90. The van der Waals surface area contributed by atoms with Gasteiger partial charge in [-0.3, -0.25) is 14.4 Å². The molecule has 8 heteroatoms. The number of anilines is 1. The summed E-state index contributed by atoms with van der Waals surface area (Å²) in [6.07, 6.45) is 2.34. The molecular weight excluding hydrogens is 374 g/mol. The topological polar surface area (TPSA) is 92.5 Å². The highest BCUT2D eigenvalue weighted by Gasteiger charge is 2.33. The molecule has 1 aliphatic rings. The molecular formula is C18H18ClN3O3S. The second-order valence-electron chi connectivity index (χ2n) is 6.04. The highest BCUT2D eigenvalue weighted by Crippen LogP contribution is 2.24. The van der Waals surface area contributed by atoms with Gasteiger partial charge in [0.2, 0.25) is 11.8 Å². The largest absolute Gasteiger partial charge is 0.366 e. The van der Waals surface area contributed by atoms with Gasteiger partial charge in [-0.15, -0.1) is 11.3 Å². The molecule has 0 saturated carbocycles. The minimum Gasteiger partial charge on any atom is -0.366 e. The van der Waals surface area contributed by atoms with Gasteiger partial charge in [-0.05, 0) is 48.9 Å². The lowest BCUT2D eigenvalue weighted by atomic mass is 10.0. The first-order valence-electron chi connectivity index (χ1n) is 8.22. The summed E-state index contributed by atoms with van der Waals surface area (Å²) in [7, 11) is 0. The van der Waals surface area contributed by atoms with Gasteiger partial charge in [-0.1, -0.05) is 17.7 Å². The molecule has 6 nitrogen and oxygen atoms in total. The van der Waals surface area contributed by atoms with E-state index in [2.05, 4.69) is 5.32 Å². The van der Waals surface area contributed by atoms with Crippen molar-refractivity contribution in [3.05, 3.63) is 51.2 Å². The summed E-state index contributed by atoms with van der Waals surface area (Å²) in [4.78, 5) is 39.1. The van der Waals surface area contributed by atoms with Gasteiger partial charge in [0.25, 0.3) is 5.91 Å². The van der Waals surface area contributed by atoms with Crippen molar-refractivity contribution >= 4 is 46.3 Å². The van der Waals surface area contributed by atoms with Crippen LogP contribution in [0.5, 0.6) is 0 Å². The summed E-state index contributed by atoms with van der Waals surface area (Å²) in [5.74, 6) is -1.08. The Hall–Kier alpha value is -2.38.